The Morgan fingerprint density at radius 1 is 1.15 bits per heavy atom. The number of nitrogens with zero attached hydrogens (tertiary/aromatic N) is 4. The normalized spacial score (nSPS) is 16.7. The van der Waals surface area contributed by atoms with Gasteiger partial charge in [-0.3, -0.25) is 0 Å². The van der Waals surface area contributed by atoms with E-state index >= 15 is 0 Å². The van der Waals surface area contributed by atoms with Gasteiger partial charge in [0.05, 0.1) is 16.8 Å². The summed E-state index contributed by atoms with van der Waals surface area (Å²) < 4.78 is 35.8. The van der Waals surface area contributed by atoms with Crippen LogP contribution in [0.4, 0.5) is 16.3 Å². The predicted octanol–water partition coefficient (Wildman–Crippen LogP) is 3.35. The number of anilines is 2. The van der Waals surface area contributed by atoms with Crippen molar-refractivity contribution in [3.63, 3.8) is 0 Å². The number of likely N-dealkylation sites (tertiary alicyclic amines) is 1. The molecule has 33 heavy (non-hydrogen) atoms. The number of ether oxygens (including phenoxy) is 2. The zero-order valence-corrected chi connectivity index (χ0v) is 20.0. The second kappa shape index (κ2) is 9.54. The molecule has 2 aliphatic heterocycles. The summed E-state index contributed by atoms with van der Waals surface area (Å²) in [5.74, 6) is 1.28. The molecule has 0 aliphatic carbocycles. The smallest absolute Gasteiger partial charge is 0.410 e. The molecule has 1 saturated heterocycles. The molecular weight excluding hydrogens is 444 g/mol. The monoisotopic (exact) mass is 474 g/mol. The van der Waals surface area contributed by atoms with Gasteiger partial charge >= 0.3 is 6.09 Å². The van der Waals surface area contributed by atoms with Gasteiger partial charge in [-0.1, -0.05) is 6.92 Å². The van der Waals surface area contributed by atoms with E-state index in [1.165, 1.54) is 6.33 Å². The Bertz CT molecular complexity index is 1110. The van der Waals surface area contributed by atoms with E-state index in [2.05, 4.69) is 14.9 Å². The van der Waals surface area contributed by atoms with Crippen molar-refractivity contribution in [1.82, 2.24) is 14.9 Å². The Morgan fingerprint density at radius 2 is 1.91 bits per heavy atom. The maximum absolute atomic E-state index is 12.2. The SMILES string of the molecule is CCS(=O)(=O)c1ccc2c(c1)CCN2c1cc(OC2CCN(C(=O)OC(C)C)CC2)ncn1. The molecule has 1 fully saturated rings. The van der Waals surface area contributed by atoms with Crippen molar-refractivity contribution in [3.8, 4) is 5.88 Å². The van der Waals surface area contributed by atoms with Gasteiger partial charge < -0.3 is 19.3 Å². The second-order valence-corrected chi connectivity index (χ2v) is 10.8. The van der Waals surface area contributed by atoms with Crippen molar-refractivity contribution < 1.29 is 22.7 Å². The van der Waals surface area contributed by atoms with Crippen molar-refractivity contribution in [2.24, 2.45) is 0 Å². The molecule has 4 rings (SSSR count). The topological polar surface area (TPSA) is 102 Å². The van der Waals surface area contributed by atoms with Crippen LogP contribution in [0.25, 0.3) is 0 Å². The molecule has 0 unspecified atom stereocenters. The third kappa shape index (κ3) is 5.21. The first-order valence-electron chi connectivity index (χ1n) is 11.3. The molecule has 0 spiro atoms. The van der Waals surface area contributed by atoms with Crippen LogP contribution in [0.3, 0.4) is 0 Å². The van der Waals surface area contributed by atoms with Crippen molar-refractivity contribution in [2.75, 3.05) is 30.3 Å². The van der Waals surface area contributed by atoms with Crippen LogP contribution in [0, 0.1) is 0 Å². The molecule has 2 aliphatic rings. The van der Waals surface area contributed by atoms with E-state index in [0.29, 0.717) is 49.1 Å². The number of rotatable bonds is 6. The number of fused-ring (bicyclic) bond motifs is 1. The van der Waals surface area contributed by atoms with Gasteiger partial charge in [-0.25, -0.2) is 23.2 Å². The van der Waals surface area contributed by atoms with Gasteiger partial charge in [-0.05, 0) is 44.0 Å². The van der Waals surface area contributed by atoms with Crippen molar-refractivity contribution in [1.29, 1.82) is 0 Å². The molecule has 0 radical (unpaired) electrons. The van der Waals surface area contributed by atoms with Crippen LogP contribution in [0.1, 0.15) is 39.2 Å². The molecule has 0 bridgehead atoms. The maximum Gasteiger partial charge on any atom is 0.410 e. The zero-order chi connectivity index (χ0) is 23.6. The van der Waals surface area contributed by atoms with Gasteiger partial charge in [0.2, 0.25) is 5.88 Å². The number of amides is 1. The summed E-state index contributed by atoms with van der Waals surface area (Å²) in [6, 6.07) is 7.09. The molecule has 0 N–H and O–H groups in total. The lowest BCUT2D eigenvalue weighted by Crippen LogP contribution is -2.42. The predicted molar refractivity (Wildman–Crippen MR) is 124 cm³/mol. The van der Waals surface area contributed by atoms with Gasteiger partial charge in [-0.2, -0.15) is 0 Å². The highest BCUT2D eigenvalue weighted by Crippen LogP contribution is 2.36. The van der Waals surface area contributed by atoms with Gasteiger partial charge in [0.25, 0.3) is 0 Å². The first-order chi connectivity index (χ1) is 15.8. The minimum Gasteiger partial charge on any atom is -0.474 e. The molecule has 1 amide bonds. The van der Waals surface area contributed by atoms with Crippen LogP contribution in [0.5, 0.6) is 5.88 Å². The highest BCUT2D eigenvalue weighted by Gasteiger charge is 2.27. The standard InChI is InChI=1S/C23H30N4O5S/c1-4-33(29,30)19-5-6-20-17(13-19)7-12-27(20)21-14-22(25-15-24-21)32-18-8-10-26(11-9-18)23(28)31-16(2)3/h5-6,13-16,18H,4,7-12H2,1-3H3. The Hall–Kier alpha value is -2.88. The molecule has 10 heteroatoms. The number of hydrogen-bond donors (Lipinski definition) is 0. The Morgan fingerprint density at radius 3 is 2.61 bits per heavy atom. The van der Waals surface area contributed by atoms with Crippen LogP contribution < -0.4 is 9.64 Å². The third-order valence-electron chi connectivity index (χ3n) is 5.91. The number of piperidine rings is 1. The van der Waals surface area contributed by atoms with Gasteiger partial charge in [0.1, 0.15) is 18.2 Å². The van der Waals surface area contributed by atoms with Crippen molar-refractivity contribution in [3.05, 3.63) is 36.2 Å². The lowest BCUT2D eigenvalue weighted by atomic mass is 10.1. The molecular formula is C23H30N4O5S. The van der Waals surface area contributed by atoms with Gasteiger partial charge in [0, 0.05) is 44.2 Å². The summed E-state index contributed by atoms with van der Waals surface area (Å²) >= 11 is 0. The number of aromatic nitrogens is 2. The van der Waals surface area contributed by atoms with E-state index in [1.54, 1.807) is 24.0 Å². The molecule has 3 heterocycles. The first-order valence-corrected chi connectivity index (χ1v) is 13.0. The second-order valence-electron chi connectivity index (χ2n) is 8.55. The molecule has 1 aromatic carbocycles. The summed E-state index contributed by atoms with van der Waals surface area (Å²) in [4.78, 5) is 24.9. The highest BCUT2D eigenvalue weighted by molar-refractivity contribution is 7.91. The summed E-state index contributed by atoms with van der Waals surface area (Å²) in [6.45, 7) is 7.19. The van der Waals surface area contributed by atoms with Gasteiger partial charge in [0.15, 0.2) is 9.84 Å². The quantitative estimate of drug-likeness (QED) is 0.628. The summed E-state index contributed by atoms with van der Waals surface area (Å²) in [5.41, 5.74) is 1.94. The Balaban J connectivity index is 1.41. The minimum atomic E-state index is -3.24. The number of benzene rings is 1. The molecule has 9 nitrogen and oxygen atoms in total. The minimum absolute atomic E-state index is 0.0384. The van der Waals surface area contributed by atoms with Crippen molar-refractivity contribution >= 4 is 27.4 Å². The average molecular weight is 475 g/mol. The van der Waals surface area contributed by atoms with Crippen LogP contribution in [0.2, 0.25) is 0 Å². The number of hydrogen-bond acceptors (Lipinski definition) is 8. The first kappa shape index (κ1) is 23.3. The maximum atomic E-state index is 12.2. The number of sulfone groups is 1. The summed E-state index contributed by atoms with van der Waals surface area (Å²) in [5, 5.41) is 0. The zero-order valence-electron chi connectivity index (χ0n) is 19.2. The Kier molecular flexibility index (Phi) is 6.73. The van der Waals surface area contributed by atoms with E-state index in [0.717, 1.165) is 17.7 Å². The van der Waals surface area contributed by atoms with E-state index in [4.69, 9.17) is 9.47 Å². The van der Waals surface area contributed by atoms with Crippen LogP contribution in [-0.2, 0) is 21.0 Å². The van der Waals surface area contributed by atoms with Crippen LogP contribution in [0.15, 0.2) is 35.5 Å². The molecule has 0 atom stereocenters. The van der Waals surface area contributed by atoms with E-state index < -0.39 is 9.84 Å². The van der Waals surface area contributed by atoms with E-state index in [9.17, 15) is 13.2 Å². The largest absolute Gasteiger partial charge is 0.474 e. The summed E-state index contributed by atoms with van der Waals surface area (Å²) in [6.07, 6.45) is 3.17. The fraction of sp³-hybridized carbons (Fsp3) is 0.522. The average Bonchev–Trinajstić information content (AvgIpc) is 3.23. The summed E-state index contributed by atoms with van der Waals surface area (Å²) in [7, 11) is -3.24. The fourth-order valence-electron chi connectivity index (χ4n) is 4.12. The number of carbonyl (C=O) groups excluding carboxylic acids is 1. The van der Waals surface area contributed by atoms with Crippen LogP contribution >= 0.6 is 0 Å². The molecule has 1 aromatic heterocycles. The van der Waals surface area contributed by atoms with E-state index in [-0.39, 0.29) is 24.1 Å². The lowest BCUT2D eigenvalue weighted by molar-refractivity contribution is 0.0507. The molecule has 0 saturated carbocycles. The van der Waals surface area contributed by atoms with Crippen molar-refractivity contribution in [2.45, 2.75) is 57.1 Å². The third-order valence-corrected chi connectivity index (χ3v) is 7.65. The fourth-order valence-corrected chi connectivity index (χ4v) is 5.05. The number of carbonyl (C=O) groups is 1. The van der Waals surface area contributed by atoms with Crippen LogP contribution in [-0.4, -0.2) is 67.0 Å². The van der Waals surface area contributed by atoms with E-state index in [1.807, 2.05) is 26.0 Å². The van der Waals surface area contributed by atoms with Gasteiger partial charge in [-0.15, -0.1) is 0 Å². The molecule has 2 aromatic rings. The lowest BCUT2D eigenvalue weighted by Gasteiger charge is -2.31. The molecule has 178 valence electrons. The highest BCUT2D eigenvalue weighted by atomic mass is 32.2. The Labute approximate surface area is 194 Å².